The van der Waals surface area contributed by atoms with Gasteiger partial charge in [0.05, 0.1) is 24.7 Å². The van der Waals surface area contributed by atoms with Gasteiger partial charge >= 0.3 is 5.97 Å². The molecule has 4 saturated carbocycles. The van der Waals surface area contributed by atoms with Gasteiger partial charge in [-0.05, 0) is 91.9 Å². The van der Waals surface area contributed by atoms with Crippen molar-refractivity contribution in [2.75, 3.05) is 7.11 Å². The van der Waals surface area contributed by atoms with Gasteiger partial charge in [-0.25, -0.2) is 0 Å². The van der Waals surface area contributed by atoms with Crippen molar-refractivity contribution in [3.63, 3.8) is 0 Å². The normalized spacial score (nSPS) is 51.3. The Balaban J connectivity index is 1.74. The number of methoxy groups -OCH3 is 1. The number of aliphatic hydroxyl groups excluding tert-OH is 1. The van der Waals surface area contributed by atoms with Gasteiger partial charge in [0.1, 0.15) is 0 Å². The number of esters is 1. The van der Waals surface area contributed by atoms with E-state index in [0.29, 0.717) is 17.8 Å². The average Bonchev–Trinajstić information content (AvgIpc) is 2.95. The predicted molar refractivity (Wildman–Crippen MR) is 102 cm³/mol. The van der Waals surface area contributed by atoms with Crippen molar-refractivity contribution in [1.82, 2.24) is 0 Å². The molecular formula is C21H33N3O3. The molecule has 4 rings (SSSR count). The highest BCUT2D eigenvalue weighted by molar-refractivity contribution is 5.74. The Hall–Kier alpha value is -1.26. The van der Waals surface area contributed by atoms with Crippen molar-refractivity contribution in [2.45, 2.75) is 83.3 Å². The van der Waals surface area contributed by atoms with E-state index in [1.54, 1.807) is 0 Å². The maximum atomic E-state index is 12.5. The summed E-state index contributed by atoms with van der Waals surface area (Å²) in [5.74, 6) is 1.09. The summed E-state index contributed by atoms with van der Waals surface area (Å²) in [5.41, 5.74) is 8.91. The lowest BCUT2D eigenvalue weighted by molar-refractivity contribution is -0.160. The second-order valence-corrected chi connectivity index (χ2v) is 10.1. The van der Waals surface area contributed by atoms with Gasteiger partial charge in [0.15, 0.2) is 0 Å². The maximum absolute atomic E-state index is 12.5. The number of fused-ring (bicyclic) bond motifs is 5. The van der Waals surface area contributed by atoms with Gasteiger partial charge in [0.2, 0.25) is 0 Å². The fraction of sp³-hybridized carbons (Fsp3) is 0.952. The lowest BCUT2D eigenvalue weighted by Gasteiger charge is -2.63. The summed E-state index contributed by atoms with van der Waals surface area (Å²) in [4.78, 5) is 15.8. The van der Waals surface area contributed by atoms with Crippen LogP contribution in [0.1, 0.15) is 71.6 Å². The van der Waals surface area contributed by atoms with Crippen molar-refractivity contribution >= 4 is 5.97 Å². The lowest BCUT2D eigenvalue weighted by atomic mass is 9.42. The Bertz CT molecular complexity index is 678. The molecule has 0 heterocycles. The number of aliphatic hydroxyl groups is 1. The molecule has 0 spiro atoms. The van der Waals surface area contributed by atoms with Crippen LogP contribution >= 0.6 is 0 Å². The SMILES string of the molecule is COC(=O)[C@H]1CCC2(N=[N+]=[N-])[C@@H]3CCC4C[C@@H](O)CC[C@]4(C)[C@H]3CC[C@]12C. The highest BCUT2D eigenvalue weighted by atomic mass is 16.5. The zero-order valence-corrected chi connectivity index (χ0v) is 16.9. The molecule has 150 valence electrons. The molecule has 6 nitrogen and oxygen atoms in total. The van der Waals surface area contributed by atoms with Gasteiger partial charge in [-0.3, -0.25) is 4.79 Å². The molecule has 27 heavy (non-hydrogen) atoms. The van der Waals surface area contributed by atoms with E-state index in [1.165, 1.54) is 7.11 Å². The quantitative estimate of drug-likeness (QED) is 0.330. The van der Waals surface area contributed by atoms with Crippen LogP contribution < -0.4 is 0 Å². The minimum atomic E-state index is -0.479. The summed E-state index contributed by atoms with van der Waals surface area (Å²) in [6.45, 7) is 4.59. The number of ether oxygens (including phenoxy) is 1. The van der Waals surface area contributed by atoms with Crippen LogP contribution in [0.25, 0.3) is 10.4 Å². The molecule has 4 aliphatic carbocycles. The fourth-order valence-electron chi connectivity index (χ4n) is 8.04. The van der Waals surface area contributed by atoms with Crippen LogP contribution in [-0.4, -0.2) is 29.8 Å². The maximum Gasteiger partial charge on any atom is 0.309 e. The highest BCUT2D eigenvalue weighted by Crippen LogP contribution is 2.70. The van der Waals surface area contributed by atoms with Crippen molar-refractivity contribution in [1.29, 1.82) is 0 Å². The molecule has 6 heteroatoms. The molecule has 0 bridgehead atoms. The number of azide groups is 1. The zero-order chi connectivity index (χ0) is 19.4. The Kier molecular flexibility index (Phi) is 4.51. The van der Waals surface area contributed by atoms with Gasteiger partial charge < -0.3 is 9.84 Å². The highest BCUT2D eigenvalue weighted by Gasteiger charge is 2.68. The zero-order valence-electron chi connectivity index (χ0n) is 16.9. The van der Waals surface area contributed by atoms with Crippen molar-refractivity contribution in [3.05, 3.63) is 10.4 Å². The fourth-order valence-corrected chi connectivity index (χ4v) is 8.04. The van der Waals surface area contributed by atoms with E-state index in [4.69, 9.17) is 4.74 Å². The predicted octanol–water partition coefficient (Wildman–Crippen LogP) is 4.61. The van der Waals surface area contributed by atoms with E-state index < -0.39 is 5.54 Å². The molecule has 0 aromatic heterocycles. The smallest absolute Gasteiger partial charge is 0.309 e. The Labute approximate surface area is 161 Å². The molecule has 4 fully saturated rings. The molecule has 0 aromatic rings. The van der Waals surface area contributed by atoms with Gasteiger partial charge in [-0.2, -0.15) is 0 Å². The largest absolute Gasteiger partial charge is 0.469 e. The molecule has 0 radical (unpaired) electrons. The molecule has 0 amide bonds. The number of carbonyl (C=O) groups is 1. The van der Waals surface area contributed by atoms with E-state index in [-0.39, 0.29) is 28.8 Å². The van der Waals surface area contributed by atoms with E-state index in [0.717, 1.165) is 57.8 Å². The van der Waals surface area contributed by atoms with Crippen LogP contribution in [0.3, 0.4) is 0 Å². The first kappa shape index (κ1) is 19.1. The molecule has 2 unspecified atom stereocenters. The van der Waals surface area contributed by atoms with Crippen LogP contribution in [0.5, 0.6) is 0 Å². The van der Waals surface area contributed by atoms with Gasteiger partial charge in [0.25, 0.3) is 0 Å². The van der Waals surface area contributed by atoms with E-state index in [2.05, 4.69) is 23.9 Å². The molecule has 4 aliphatic rings. The summed E-state index contributed by atoms with van der Waals surface area (Å²) in [7, 11) is 1.46. The van der Waals surface area contributed by atoms with Crippen LogP contribution in [0.2, 0.25) is 0 Å². The van der Waals surface area contributed by atoms with Crippen LogP contribution in [0.15, 0.2) is 5.11 Å². The van der Waals surface area contributed by atoms with E-state index >= 15 is 0 Å². The third-order valence-electron chi connectivity index (χ3n) is 9.53. The minimum Gasteiger partial charge on any atom is -0.469 e. The number of hydrogen-bond acceptors (Lipinski definition) is 4. The summed E-state index contributed by atoms with van der Waals surface area (Å²) in [6.07, 6.45) is 8.37. The number of nitrogens with zero attached hydrogens (tertiary/aromatic N) is 3. The summed E-state index contributed by atoms with van der Waals surface area (Å²) < 4.78 is 5.12. The summed E-state index contributed by atoms with van der Waals surface area (Å²) in [6, 6.07) is 0. The summed E-state index contributed by atoms with van der Waals surface area (Å²) in [5, 5.41) is 14.7. The average molecular weight is 376 g/mol. The first-order chi connectivity index (χ1) is 12.8. The second kappa shape index (κ2) is 6.38. The number of carbonyl (C=O) groups excluding carboxylic acids is 1. The van der Waals surface area contributed by atoms with Crippen molar-refractivity contribution in [2.24, 2.45) is 39.6 Å². The van der Waals surface area contributed by atoms with Gasteiger partial charge in [-0.15, -0.1) is 0 Å². The van der Waals surface area contributed by atoms with E-state index in [9.17, 15) is 15.4 Å². The Morgan fingerprint density at radius 2 is 1.89 bits per heavy atom. The molecule has 8 atom stereocenters. The van der Waals surface area contributed by atoms with Gasteiger partial charge in [-0.1, -0.05) is 19.0 Å². The standard InChI is InChI=1S/C21H33N3O3/c1-19-9-6-14(25)12-13(19)4-5-16-15(19)7-10-20(2)17(18(26)27-3)8-11-21(16,20)23-24-22/h13-17,25H,4-12H2,1-3H3/t13?,14-,15-,16+,17+,19-,20+,21?/m0/s1. The first-order valence-electron chi connectivity index (χ1n) is 10.6. The molecular weight excluding hydrogens is 342 g/mol. The molecule has 0 aromatic carbocycles. The van der Waals surface area contributed by atoms with Crippen molar-refractivity contribution in [3.8, 4) is 0 Å². The Morgan fingerprint density at radius 1 is 1.11 bits per heavy atom. The molecule has 0 saturated heterocycles. The summed E-state index contributed by atoms with van der Waals surface area (Å²) >= 11 is 0. The van der Waals surface area contributed by atoms with Gasteiger partial charge in [0, 0.05) is 4.91 Å². The van der Waals surface area contributed by atoms with Crippen LogP contribution in [0, 0.1) is 34.5 Å². The molecule has 1 N–H and O–H groups in total. The van der Waals surface area contributed by atoms with E-state index in [1.807, 2.05) is 0 Å². The van der Waals surface area contributed by atoms with Crippen molar-refractivity contribution < 1.29 is 14.6 Å². The second-order valence-electron chi connectivity index (χ2n) is 10.1. The molecule has 0 aliphatic heterocycles. The third kappa shape index (κ3) is 2.42. The first-order valence-corrected chi connectivity index (χ1v) is 10.6. The topological polar surface area (TPSA) is 95.3 Å². The number of rotatable bonds is 2. The lowest BCUT2D eigenvalue weighted by Crippen LogP contribution is -2.61. The number of hydrogen-bond donors (Lipinski definition) is 1. The van der Waals surface area contributed by atoms with Crippen LogP contribution in [-0.2, 0) is 9.53 Å². The monoisotopic (exact) mass is 375 g/mol. The minimum absolute atomic E-state index is 0.147. The Morgan fingerprint density at radius 3 is 2.59 bits per heavy atom. The third-order valence-corrected chi connectivity index (χ3v) is 9.53. The van der Waals surface area contributed by atoms with Crippen LogP contribution in [0.4, 0.5) is 0 Å².